The van der Waals surface area contributed by atoms with Crippen molar-refractivity contribution < 1.29 is 9.32 Å². The number of amides is 1. The zero-order valence-electron chi connectivity index (χ0n) is 15.1. The number of hydrogen-bond acceptors (Lipinski definition) is 6. The van der Waals surface area contributed by atoms with Gasteiger partial charge in [0.15, 0.2) is 0 Å². The van der Waals surface area contributed by atoms with Crippen LogP contribution in [-0.4, -0.2) is 29.1 Å². The highest BCUT2D eigenvalue weighted by atomic mass is 32.1. The van der Waals surface area contributed by atoms with Crippen LogP contribution in [0.2, 0.25) is 0 Å². The molecule has 1 N–H and O–H groups in total. The molecule has 4 rings (SSSR count). The van der Waals surface area contributed by atoms with E-state index in [-0.39, 0.29) is 5.91 Å². The van der Waals surface area contributed by atoms with Gasteiger partial charge in [-0.15, -0.1) is 11.3 Å². The topological polar surface area (TPSA) is 71.3 Å². The number of nitrogens with zero attached hydrogens (tertiary/aromatic N) is 3. The summed E-state index contributed by atoms with van der Waals surface area (Å²) in [4.78, 5) is 20.0. The summed E-state index contributed by atoms with van der Waals surface area (Å²) in [6.07, 6.45) is 4.16. The Morgan fingerprint density at radius 1 is 1.22 bits per heavy atom. The fraction of sp³-hybridized carbons (Fsp3) is 0.350. The van der Waals surface area contributed by atoms with Crippen molar-refractivity contribution in [2.75, 3.05) is 23.3 Å². The average Bonchev–Trinajstić information content (AvgIpc) is 3.43. The number of carbonyl (C=O) groups excluding carboxylic acids is 1. The summed E-state index contributed by atoms with van der Waals surface area (Å²) in [7, 11) is 0. The van der Waals surface area contributed by atoms with Gasteiger partial charge in [-0.1, -0.05) is 17.3 Å². The van der Waals surface area contributed by atoms with Gasteiger partial charge >= 0.3 is 0 Å². The molecule has 1 aromatic carbocycles. The quantitative estimate of drug-likeness (QED) is 0.657. The predicted octanol–water partition coefficient (Wildman–Crippen LogP) is 4.36. The maximum absolute atomic E-state index is 12.2. The Hall–Kier alpha value is -2.67. The first kappa shape index (κ1) is 17.7. The van der Waals surface area contributed by atoms with Crippen LogP contribution in [0.25, 0.3) is 10.7 Å². The fourth-order valence-electron chi connectivity index (χ4n) is 3.24. The number of anilines is 2. The molecule has 27 heavy (non-hydrogen) atoms. The Bertz CT molecular complexity index is 885. The average molecular weight is 382 g/mol. The summed E-state index contributed by atoms with van der Waals surface area (Å²) in [5, 5.41) is 8.96. The Morgan fingerprint density at radius 2 is 2.11 bits per heavy atom. The van der Waals surface area contributed by atoms with Crippen LogP contribution < -0.4 is 10.2 Å². The van der Waals surface area contributed by atoms with Gasteiger partial charge in [0.2, 0.25) is 17.6 Å². The SMILES string of the molecule is O=C(CCCc1nc(-c2cccs2)no1)Nc1cccc(N2CCCC2)c1. The largest absolute Gasteiger partial charge is 0.371 e. The number of benzene rings is 1. The van der Waals surface area contributed by atoms with Crippen LogP contribution in [-0.2, 0) is 11.2 Å². The molecule has 1 aliphatic rings. The zero-order valence-corrected chi connectivity index (χ0v) is 15.9. The van der Waals surface area contributed by atoms with Gasteiger partial charge in [-0.3, -0.25) is 4.79 Å². The van der Waals surface area contributed by atoms with E-state index < -0.39 is 0 Å². The molecule has 1 amide bonds. The molecule has 0 aliphatic carbocycles. The smallest absolute Gasteiger partial charge is 0.226 e. The molecule has 3 heterocycles. The second kappa shape index (κ2) is 8.35. The molecule has 140 valence electrons. The van der Waals surface area contributed by atoms with E-state index in [0.29, 0.717) is 31.0 Å². The summed E-state index contributed by atoms with van der Waals surface area (Å²) >= 11 is 1.58. The molecule has 6 nitrogen and oxygen atoms in total. The highest BCUT2D eigenvalue weighted by molar-refractivity contribution is 7.13. The van der Waals surface area contributed by atoms with Gasteiger partial charge in [0.25, 0.3) is 0 Å². The number of aryl methyl sites for hydroxylation is 1. The molecule has 0 unspecified atom stereocenters. The first-order valence-electron chi connectivity index (χ1n) is 9.29. The molecular formula is C20H22N4O2S. The molecule has 0 bridgehead atoms. The molecular weight excluding hydrogens is 360 g/mol. The molecule has 3 aromatic rings. The summed E-state index contributed by atoms with van der Waals surface area (Å²) in [5.41, 5.74) is 2.03. The van der Waals surface area contributed by atoms with Crippen LogP contribution in [0.1, 0.15) is 31.6 Å². The summed E-state index contributed by atoms with van der Waals surface area (Å²) in [6.45, 7) is 2.18. The number of thiophene rings is 1. The first-order valence-corrected chi connectivity index (χ1v) is 10.2. The predicted molar refractivity (Wildman–Crippen MR) is 107 cm³/mol. The Labute approximate surface area is 162 Å². The van der Waals surface area contributed by atoms with Gasteiger partial charge in [0.1, 0.15) is 0 Å². The van der Waals surface area contributed by atoms with Crippen molar-refractivity contribution in [3.8, 4) is 10.7 Å². The van der Waals surface area contributed by atoms with E-state index in [1.54, 1.807) is 11.3 Å². The molecule has 0 radical (unpaired) electrons. The molecule has 1 aliphatic heterocycles. The highest BCUT2D eigenvalue weighted by Crippen LogP contribution is 2.24. The Morgan fingerprint density at radius 3 is 2.93 bits per heavy atom. The molecule has 7 heteroatoms. The normalized spacial score (nSPS) is 13.9. The number of hydrogen-bond donors (Lipinski definition) is 1. The lowest BCUT2D eigenvalue weighted by molar-refractivity contribution is -0.116. The van der Waals surface area contributed by atoms with Gasteiger partial charge in [0.05, 0.1) is 4.88 Å². The maximum Gasteiger partial charge on any atom is 0.226 e. The van der Waals surface area contributed by atoms with Gasteiger partial charge in [-0.2, -0.15) is 4.98 Å². The van der Waals surface area contributed by atoms with Crippen molar-refractivity contribution in [1.29, 1.82) is 0 Å². The van der Waals surface area contributed by atoms with Crippen molar-refractivity contribution in [3.63, 3.8) is 0 Å². The van der Waals surface area contributed by atoms with Crippen molar-refractivity contribution in [1.82, 2.24) is 10.1 Å². The lowest BCUT2D eigenvalue weighted by Crippen LogP contribution is -2.18. The van der Waals surface area contributed by atoms with Crippen LogP contribution in [0.5, 0.6) is 0 Å². The van der Waals surface area contributed by atoms with Gasteiger partial charge in [-0.05, 0) is 48.9 Å². The van der Waals surface area contributed by atoms with E-state index in [4.69, 9.17) is 4.52 Å². The summed E-state index contributed by atoms with van der Waals surface area (Å²) in [6, 6.07) is 12.0. The minimum Gasteiger partial charge on any atom is -0.371 e. The second-order valence-corrected chi connectivity index (χ2v) is 7.58. The van der Waals surface area contributed by atoms with Crippen molar-refractivity contribution >= 4 is 28.6 Å². The molecule has 1 fully saturated rings. The Kier molecular flexibility index (Phi) is 5.48. The van der Waals surface area contributed by atoms with E-state index in [0.717, 1.165) is 23.7 Å². The van der Waals surface area contributed by atoms with Gasteiger partial charge in [-0.25, -0.2) is 0 Å². The van der Waals surface area contributed by atoms with Crippen LogP contribution in [0.3, 0.4) is 0 Å². The number of aromatic nitrogens is 2. The van der Waals surface area contributed by atoms with Crippen LogP contribution >= 0.6 is 11.3 Å². The Balaban J connectivity index is 1.26. The number of nitrogens with one attached hydrogen (secondary N) is 1. The molecule has 2 aromatic heterocycles. The van der Waals surface area contributed by atoms with Crippen molar-refractivity contribution in [2.24, 2.45) is 0 Å². The van der Waals surface area contributed by atoms with Crippen molar-refractivity contribution in [3.05, 3.63) is 47.7 Å². The van der Waals surface area contributed by atoms with E-state index in [1.165, 1.54) is 18.5 Å². The van der Waals surface area contributed by atoms with Gasteiger partial charge in [0, 0.05) is 37.3 Å². The fourth-order valence-corrected chi connectivity index (χ4v) is 3.89. The molecule has 0 saturated carbocycles. The van der Waals surface area contributed by atoms with E-state index >= 15 is 0 Å². The number of rotatable bonds is 7. The van der Waals surface area contributed by atoms with E-state index in [9.17, 15) is 4.79 Å². The molecule has 0 atom stereocenters. The first-order chi connectivity index (χ1) is 13.3. The lowest BCUT2D eigenvalue weighted by atomic mass is 10.2. The third-order valence-electron chi connectivity index (χ3n) is 4.61. The van der Waals surface area contributed by atoms with Gasteiger partial charge < -0.3 is 14.7 Å². The van der Waals surface area contributed by atoms with Crippen molar-refractivity contribution in [2.45, 2.75) is 32.1 Å². The van der Waals surface area contributed by atoms with Crippen LogP contribution in [0.4, 0.5) is 11.4 Å². The second-order valence-electron chi connectivity index (χ2n) is 6.64. The van der Waals surface area contributed by atoms with Crippen LogP contribution in [0, 0.1) is 0 Å². The number of carbonyl (C=O) groups is 1. The lowest BCUT2D eigenvalue weighted by Gasteiger charge is -2.18. The molecule has 1 saturated heterocycles. The third kappa shape index (κ3) is 4.54. The van der Waals surface area contributed by atoms with E-state index in [1.807, 2.05) is 29.6 Å². The maximum atomic E-state index is 12.2. The third-order valence-corrected chi connectivity index (χ3v) is 5.47. The summed E-state index contributed by atoms with van der Waals surface area (Å²) in [5.74, 6) is 1.19. The van der Waals surface area contributed by atoms with E-state index in [2.05, 4.69) is 32.5 Å². The standard InChI is InChI=1S/C20H22N4O2S/c25-18(21-15-6-3-7-16(14-15)24-11-1-2-12-24)9-4-10-19-22-20(23-26-19)17-8-5-13-27-17/h3,5-8,13-14H,1-2,4,9-12H2,(H,21,25). The van der Waals surface area contributed by atoms with Crippen LogP contribution in [0.15, 0.2) is 46.3 Å². The summed E-state index contributed by atoms with van der Waals surface area (Å²) < 4.78 is 5.27. The zero-order chi connectivity index (χ0) is 18.5. The molecule has 0 spiro atoms. The minimum atomic E-state index is 0.00608. The highest BCUT2D eigenvalue weighted by Gasteiger charge is 2.13. The monoisotopic (exact) mass is 382 g/mol. The minimum absolute atomic E-state index is 0.00608.